The molecule has 0 spiro atoms. The van der Waals surface area contributed by atoms with Gasteiger partial charge in [-0.3, -0.25) is 9.52 Å². The Morgan fingerprint density at radius 2 is 1.60 bits per heavy atom. The quantitative estimate of drug-likeness (QED) is 0.607. The van der Waals surface area contributed by atoms with E-state index in [0.717, 1.165) is 12.1 Å². The van der Waals surface area contributed by atoms with Crippen molar-refractivity contribution < 1.29 is 26.7 Å². The Hall–Kier alpha value is -3.46. The van der Waals surface area contributed by atoms with Crippen LogP contribution in [0.4, 0.5) is 20.2 Å². The maximum atomic E-state index is 13.7. The van der Waals surface area contributed by atoms with Crippen molar-refractivity contribution in [1.29, 1.82) is 0 Å². The number of halogens is 2. The molecule has 3 aromatic rings. The molecule has 0 aliphatic rings. The van der Waals surface area contributed by atoms with E-state index < -0.39 is 27.6 Å². The van der Waals surface area contributed by atoms with E-state index in [1.165, 1.54) is 49.6 Å². The number of carbonyl (C=O) groups is 1. The number of anilines is 2. The van der Waals surface area contributed by atoms with Gasteiger partial charge in [-0.25, -0.2) is 17.2 Å². The van der Waals surface area contributed by atoms with Gasteiger partial charge in [-0.05, 0) is 67.1 Å². The summed E-state index contributed by atoms with van der Waals surface area (Å²) in [5, 5.41) is 2.35. The summed E-state index contributed by atoms with van der Waals surface area (Å²) in [5.41, 5.74) is 0.793. The first-order valence-electron chi connectivity index (χ1n) is 8.73. The highest BCUT2D eigenvalue weighted by atomic mass is 32.2. The lowest BCUT2D eigenvalue weighted by Crippen LogP contribution is -2.16. The zero-order valence-electron chi connectivity index (χ0n) is 16.1. The van der Waals surface area contributed by atoms with Gasteiger partial charge in [0.1, 0.15) is 17.4 Å². The average molecular weight is 432 g/mol. The molecule has 0 radical (unpaired) electrons. The van der Waals surface area contributed by atoms with Crippen LogP contribution in [-0.4, -0.2) is 21.4 Å². The summed E-state index contributed by atoms with van der Waals surface area (Å²) in [6, 6.07) is 13.0. The standard InChI is InChI=1S/C21H18F2N2O4S/c1-13-11-14(21(26)24-20-10-4-15(22)12-18(20)23)3-9-19(13)25-30(27,28)17-7-5-16(29-2)6-8-17/h3-12,25H,1-2H3,(H,24,26). The van der Waals surface area contributed by atoms with Crippen LogP contribution in [0.1, 0.15) is 15.9 Å². The monoisotopic (exact) mass is 432 g/mol. The number of amides is 1. The third kappa shape index (κ3) is 4.74. The van der Waals surface area contributed by atoms with E-state index in [1.54, 1.807) is 6.92 Å². The largest absolute Gasteiger partial charge is 0.497 e. The third-order valence-electron chi connectivity index (χ3n) is 4.28. The highest BCUT2D eigenvalue weighted by molar-refractivity contribution is 7.92. The smallest absolute Gasteiger partial charge is 0.261 e. The van der Waals surface area contributed by atoms with Crippen LogP contribution in [0.2, 0.25) is 0 Å². The van der Waals surface area contributed by atoms with E-state index in [9.17, 15) is 22.0 Å². The molecular weight excluding hydrogens is 414 g/mol. The molecule has 0 fully saturated rings. The van der Waals surface area contributed by atoms with Gasteiger partial charge in [0.05, 0.1) is 23.4 Å². The summed E-state index contributed by atoms with van der Waals surface area (Å²) < 4.78 is 59.3. The summed E-state index contributed by atoms with van der Waals surface area (Å²) >= 11 is 0. The number of methoxy groups -OCH3 is 1. The molecule has 0 bridgehead atoms. The van der Waals surface area contributed by atoms with Crippen molar-refractivity contribution in [1.82, 2.24) is 0 Å². The lowest BCUT2D eigenvalue weighted by molar-refractivity contribution is 0.102. The Bertz CT molecular complexity index is 1200. The van der Waals surface area contributed by atoms with Crippen molar-refractivity contribution in [3.8, 4) is 5.75 Å². The highest BCUT2D eigenvalue weighted by Crippen LogP contribution is 2.23. The van der Waals surface area contributed by atoms with Crippen LogP contribution in [0.5, 0.6) is 5.75 Å². The molecule has 6 nitrogen and oxygen atoms in total. The zero-order chi connectivity index (χ0) is 21.9. The second-order valence-electron chi connectivity index (χ2n) is 6.39. The van der Waals surface area contributed by atoms with Crippen LogP contribution in [0.25, 0.3) is 0 Å². The SMILES string of the molecule is COc1ccc(S(=O)(=O)Nc2ccc(C(=O)Nc3ccc(F)cc3F)cc2C)cc1. The molecule has 3 aromatic carbocycles. The van der Waals surface area contributed by atoms with E-state index in [-0.39, 0.29) is 21.8 Å². The molecule has 2 N–H and O–H groups in total. The Morgan fingerprint density at radius 3 is 2.20 bits per heavy atom. The van der Waals surface area contributed by atoms with Crippen LogP contribution in [0.3, 0.4) is 0 Å². The number of ether oxygens (including phenoxy) is 1. The molecule has 0 aliphatic carbocycles. The third-order valence-corrected chi connectivity index (χ3v) is 5.66. The lowest BCUT2D eigenvalue weighted by atomic mass is 10.1. The molecular formula is C21H18F2N2O4S. The number of benzene rings is 3. The Kier molecular flexibility index (Phi) is 6.02. The number of carbonyl (C=O) groups excluding carboxylic acids is 1. The Labute approximate surface area is 172 Å². The first-order valence-corrected chi connectivity index (χ1v) is 10.2. The van der Waals surface area contributed by atoms with E-state index >= 15 is 0 Å². The van der Waals surface area contributed by atoms with Gasteiger partial charge in [0, 0.05) is 11.6 Å². The minimum atomic E-state index is -3.84. The van der Waals surface area contributed by atoms with Gasteiger partial charge >= 0.3 is 0 Å². The Balaban J connectivity index is 1.78. The van der Waals surface area contributed by atoms with E-state index in [4.69, 9.17) is 4.74 Å². The minimum Gasteiger partial charge on any atom is -0.497 e. The van der Waals surface area contributed by atoms with Crippen molar-refractivity contribution in [3.63, 3.8) is 0 Å². The molecule has 9 heteroatoms. The molecule has 1 amide bonds. The molecule has 0 unspecified atom stereocenters. The summed E-state index contributed by atoms with van der Waals surface area (Å²) in [4.78, 5) is 12.4. The highest BCUT2D eigenvalue weighted by Gasteiger charge is 2.17. The molecule has 156 valence electrons. The van der Waals surface area contributed by atoms with E-state index in [0.29, 0.717) is 17.4 Å². The fourth-order valence-corrected chi connectivity index (χ4v) is 3.79. The van der Waals surface area contributed by atoms with Gasteiger partial charge in [0.15, 0.2) is 0 Å². The number of sulfonamides is 1. The fourth-order valence-electron chi connectivity index (χ4n) is 2.66. The second-order valence-corrected chi connectivity index (χ2v) is 8.07. The fraction of sp³-hybridized carbons (Fsp3) is 0.0952. The van der Waals surface area contributed by atoms with Crippen LogP contribution in [0, 0.1) is 18.6 Å². The van der Waals surface area contributed by atoms with Gasteiger partial charge in [-0.2, -0.15) is 0 Å². The van der Waals surface area contributed by atoms with Gasteiger partial charge in [-0.1, -0.05) is 0 Å². The maximum absolute atomic E-state index is 13.7. The summed E-state index contributed by atoms with van der Waals surface area (Å²) in [6.45, 7) is 1.63. The topological polar surface area (TPSA) is 84.5 Å². The summed E-state index contributed by atoms with van der Waals surface area (Å²) in [6.07, 6.45) is 0. The zero-order valence-corrected chi connectivity index (χ0v) is 16.9. The van der Waals surface area contributed by atoms with E-state index in [2.05, 4.69) is 10.0 Å². The summed E-state index contributed by atoms with van der Waals surface area (Å²) in [7, 11) is -2.36. The van der Waals surface area contributed by atoms with Crippen molar-refractivity contribution in [3.05, 3.63) is 83.4 Å². The van der Waals surface area contributed by atoms with Crippen molar-refractivity contribution in [2.45, 2.75) is 11.8 Å². The first-order chi connectivity index (χ1) is 14.2. The molecule has 3 rings (SSSR count). The normalized spacial score (nSPS) is 11.1. The van der Waals surface area contributed by atoms with Gasteiger partial charge in [0.2, 0.25) is 0 Å². The predicted octanol–water partition coefficient (Wildman–Crippen LogP) is 4.33. The number of nitrogens with one attached hydrogen (secondary N) is 2. The molecule has 0 saturated carbocycles. The van der Waals surface area contributed by atoms with Crippen LogP contribution >= 0.6 is 0 Å². The number of aryl methyl sites for hydroxylation is 1. The van der Waals surface area contributed by atoms with Gasteiger partial charge in [-0.15, -0.1) is 0 Å². The molecule has 0 atom stereocenters. The van der Waals surface area contributed by atoms with E-state index in [1.807, 2.05) is 0 Å². The number of rotatable bonds is 6. The summed E-state index contributed by atoms with van der Waals surface area (Å²) in [5.74, 6) is -1.75. The Morgan fingerprint density at radius 1 is 0.933 bits per heavy atom. The van der Waals surface area contributed by atoms with Gasteiger partial charge < -0.3 is 10.1 Å². The molecule has 0 saturated heterocycles. The average Bonchev–Trinajstić information content (AvgIpc) is 2.71. The second kappa shape index (κ2) is 8.50. The lowest BCUT2D eigenvalue weighted by Gasteiger charge is -2.13. The van der Waals surface area contributed by atoms with Crippen LogP contribution < -0.4 is 14.8 Å². The molecule has 0 heterocycles. The van der Waals surface area contributed by atoms with Crippen molar-refractivity contribution in [2.24, 2.45) is 0 Å². The minimum absolute atomic E-state index is 0.0521. The van der Waals surface area contributed by atoms with Crippen molar-refractivity contribution in [2.75, 3.05) is 17.1 Å². The molecule has 0 aliphatic heterocycles. The molecule has 0 aromatic heterocycles. The maximum Gasteiger partial charge on any atom is 0.261 e. The molecule has 30 heavy (non-hydrogen) atoms. The van der Waals surface area contributed by atoms with Crippen LogP contribution in [-0.2, 0) is 10.0 Å². The van der Waals surface area contributed by atoms with Crippen molar-refractivity contribution >= 4 is 27.3 Å². The first kappa shape index (κ1) is 21.3. The van der Waals surface area contributed by atoms with Crippen LogP contribution in [0.15, 0.2) is 65.6 Å². The van der Waals surface area contributed by atoms with Gasteiger partial charge in [0.25, 0.3) is 15.9 Å². The number of hydrogen-bond donors (Lipinski definition) is 2. The predicted molar refractivity (Wildman–Crippen MR) is 109 cm³/mol. The number of hydrogen-bond acceptors (Lipinski definition) is 4.